The monoisotopic (exact) mass is 447 g/mol. The van der Waals surface area contributed by atoms with Crippen LogP contribution in [0.3, 0.4) is 0 Å². The van der Waals surface area contributed by atoms with Crippen LogP contribution in [0.1, 0.15) is 25.6 Å². The van der Waals surface area contributed by atoms with Gasteiger partial charge in [0.05, 0.1) is 15.5 Å². The first-order valence-corrected chi connectivity index (χ1v) is 11.6. The Balaban J connectivity index is 1.78. The standard InChI is InChI=1S/C20H21N3O3S3/c1-20(2,3)26-23-19(25)21-10-14-9-15(18(27-4)29-14)17-22-16(11-28-17)12-6-5-7-13(24)8-12/h5-11,24H,1-4H3,(H,23,25). The first-order valence-electron chi connectivity index (χ1n) is 8.70. The number of urea groups is 1. The van der Waals surface area contributed by atoms with Gasteiger partial charge in [-0.25, -0.2) is 15.3 Å². The number of nitrogens with zero attached hydrogens (tertiary/aromatic N) is 2. The average molecular weight is 448 g/mol. The van der Waals surface area contributed by atoms with Crippen LogP contribution in [-0.4, -0.2) is 34.2 Å². The molecule has 0 aliphatic rings. The molecule has 0 aliphatic heterocycles. The molecule has 0 unspecified atom stereocenters. The number of aliphatic imine (C=N–C) groups is 1. The molecule has 3 aromatic rings. The number of phenols is 1. The highest BCUT2D eigenvalue weighted by molar-refractivity contribution is 8.00. The number of amides is 2. The molecule has 2 N–H and O–H groups in total. The quantitative estimate of drug-likeness (QED) is 0.292. The maximum absolute atomic E-state index is 11.8. The lowest BCUT2D eigenvalue weighted by atomic mass is 10.2. The van der Waals surface area contributed by atoms with Gasteiger partial charge in [0, 0.05) is 27.6 Å². The van der Waals surface area contributed by atoms with Gasteiger partial charge in [0.2, 0.25) is 0 Å². The molecule has 2 amide bonds. The summed E-state index contributed by atoms with van der Waals surface area (Å²) >= 11 is 4.71. The number of hydroxylamine groups is 1. The Morgan fingerprint density at radius 3 is 2.83 bits per heavy atom. The summed E-state index contributed by atoms with van der Waals surface area (Å²) in [5, 5.41) is 12.5. The van der Waals surface area contributed by atoms with Crippen LogP contribution in [0.2, 0.25) is 0 Å². The number of hydrogen-bond acceptors (Lipinski definition) is 7. The molecular formula is C20H21N3O3S3. The van der Waals surface area contributed by atoms with Crippen LogP contribution in [0.15, 0.2) is 44.9 Å². The van der Waals surface area contributed by atoms with Gasteiger partial charge < -0.3 is 5.11 Å². The van der Waals surface area contributed by atoms with Gasteiger partial charge in [-0.2, -0.15) is 4.99 Å². The number of hydrogen-bond donors (Lipinski definition) is 2. The average Bonchev–Trinajstić information content (AvgIpc) is 3.30. The van der Waals surface area contributed by atoms with Gasteiger partial charge in [0.1, 0.15) is 10.8 Å². The van der Waals surface area contributed by atoms with E-state index in [1.165, 1.54) is 17.6 Å². The van der Waals surface area contributed by atoms with Crippen LogP contribution in [0.5, 0.6) is 5.75 Å². The van der Waals surface area contributed by atoms with Gasteiger partial charge >= 0.3 is 6.03 Å². The second-order valence-electron chi connectivity index (χ2n) is 7.02. The minimum atomic E-state index is -0.555. The van der Waals surface area contributed by atoms with Crippen LogP contribution in [0.4, 0.5) is 4.79 Å². The van der Waals surface area contributed by atoms with Crippen molar-refractivity contribution in [2.24, 2.45) is 4.99 Å². The van der Waals surface area contributed by atoms with E-state index in [-0.39, 0.29) is 5.75 Å². The highest BCUT2D eigenvalue weighted by Crippen LogP contribution is 2.40. The van der Waals surface area contributed by atoms with Crippen LogP contribution in [-0.2, 0) is 4.84 Å². The second kappa shape index (κ2) is 9.08. The number of carbonyl (C=O) groups is 1. The molecule has 0 bridgehead atoms. The number of phenolic OH excluding ortho intramolecular Hbond substituents is 1. The number of thioether (sulfide) groups is 1. The minimum absolute atomic E-state index is 0.213. The summed E-state index contributed by atoms with van der Waals surface area (Å²) in [5.74, 6) is 0.213. The molecule has 0 fully saturated rings. The van der Waals surface area contributed by atoms with Crippen molar-refractivity contribution in [1.82, 2.24) is 10.5 Å². The van der Waals surface area contributed by atoms with Crippen molar-refractivity contribution in [2.45, 2.75) is 30.6 Å². The van der Waals surface area contributed by atoms with Crippen LogP contribution in [0.25, 0.3) is 21.8 Å². The Labute approximate surface area is 181 Å². The maximum Gasteiger partial charge on any atom is 0.364 e. The number of rotatable bonds is 5. The Morgan fingerprint density at radius 1 is 1.34 bits per heavy atom. The van der Waals surface area contributed by atoms with Crippen LogP contribution in [0, 0.1) is 0 Å². The summed E-state index contributed by atoms with van der Waals surface area (Å²) in [4.78, 5) is 26.5. The van der Waals surface area contributed by atoms with E-state index in [0.717, 1.165) is 30.9 Å². The molecule has 9 heteroatoms. The van der Waals surface area contributed by atoms with E-state index in [1.54, 1.807) is 41.3 Å². The first kappa shape index (κ1) is 21.5. The van der Waals surface area contributed by atoms with Crippen molar-refractivity contribution in [3.8, 4) is 27.6 Å². The molecule has 152 valence electrons. The van der Waals surface area contributed by atoms with Gasteiger partial charge in [-0.05, 0) is 45.2 Å². The molecule has 0 saturated carbocycles. The van der Waals surface area contributed by atoms with Gasteiger partial charge in [-0.1, -0.05) is 12.1 Å². The molecule has 0 aliphatic carbocycles. The van der Waals surface area contributed by atoms with Crippen LogP contribution >= 0.6 is 34.4 Å². The van der Waals surface area contributed by atoms with E-state index in [0.29, 0.717) is 0 Å². The third kappa shape index (κ3) is 5.89. The molecular weight excluding hydrogens is 426 g/mol. The number of aromatic hydroxyl groups is 1. The van der Waals surface area contributed by atoms with Gasteiger partial charge in [0.25, 0.3) is 0 Å². The lowest BCUT2D eigenvalue weighted by molar-refractivity contribution is -0.0512. The first-order chi connectivity index (χ1) is 13.7. The van der Waals surface area contributed by atoms with Crippen LogP contribution < -0.4 is 5.48 Å². The number of thiophene rings is 1. The molecule has 0 saturated heterocycles. The maximum atomic E-state index is 11.8. The molecule has 2 heterocycles. The van der Waals surface area contributed by atoms with Crippen molar-refractivity contribution in [2.75, 3.05) is 6.26 Å². The fourth-order valence-electron chi connectivity index (χ4n) is 2.30. The predicted octanol–water partition coefficient (Wildman–Crippen LogP) is 5.82. The Kier molecular flexibility index (Phi) is 6.74. The summed E-state index contributed by atoms with van der Waals surface area (Å²) in [7, 11) is 0. The van der Waals surface area contributed by atoms with Gasteiger partial charge in [0.15, 0.2) is 0 Å². The molecule has 29 heavy (non-hydrogen) atoms. The summed E-state index contributed by atoms with van der Waals surface area (Å²) < 4.78 is 1.09. The summed E-state index contributed by atoms with van der Waals surface area (Å²) in [5.41, 5.74) is 4.52. The molecule has 1 aromatic carbocycles. The van der Waals surface area contributed by atoms with Crippen molar-refractivity contribution in [1.29, 1.82) is 0 Å². The Hall–Kier alpha value is -2.20. The summed E-state index contributed by atoms with van der Waals surface area (Å²) in [6.45, 7) is 5.52. The topological polar surface area (TPSA) is 83.8 Å². The molecule has 3 rings (SSSR count). The molecule has 0 atom stereocenters. The highest BCUT2D eigenvalue weighted by Gasteiger charge is 2.15. The zero-order valence-corrected chi connectivity index (χ0v) is 18.9. The third-order valence-corrected chi connectivity index (χ3v) is 6.61. The lowest BCUT2D eigenvalue weighted by Crippen LogP contribution is -2.31. The van der Waals surface area contributed by atoms with E-state index < -0.39 is 11.6 Å². The van der Waals surface area contributed by atoms with Gasteiger partial charge in [-0.3, -0.25) is 4.84 Å². The van der Waals surface area contributed by atoms with E-state index in [9.17, 15) is 9.90 Å². The van der Waals surface area contributed by atoms with E-state index in [4.69, 9.17) is 9.82 Å². The number of aromatic nitrogens is 1. The summed E-state index contributed by atoms with van der Waals surface area (Å²) in [6.07, 6.45) is 3.53. The van der Waals surface area contributed by atoms with Crippen molar-refractivity contribution < 1.29 is 14.7 Å². The number of benzene rings is 1. The normalized spacial score (nSPS) is 11.9. The zero-order chi connectivity index (χ0) is 21.0. The van der Waals surface area contributed by atoms with E-state index in [1.807, 2.05) is 44.5 Å². The van der Waals surface area contributed by atoms with Crippen molar-refractivity contribution >= 4 is 46.7 Å². The zero-order valence-electron chi connectivity index (χ0n) is 16.4. The largest absolute Gasteiger partial charge is 0.508 e. The minimum Gasteiger partial charge on any atom is -0.508 e. The van der Waals surface area contributed by atoms with E-state index in [2.05, 4.69) is 10.5 Å². The Morgan fingerprint density at radius 2 is 2.14 bits per heavy atom. The predicted molar refractivity (Wildman–Crippen MR) is 121 cm³/mol. The van der Waals surface area contributed by atoms with Crippen molar-refractivity contribution in [3.05, 3.63) is 40.6 Å². The molecule has 0 radical (unpaired) electrons. The molecule has 0 spiro atoms. The van der Waals surface area contributed by atoms with E-state index >= 15 is 0 Å². The number of nitrogens with one attached hydrogen (secondary N) is 1. The Bertz CT molecular complexity index is 1040. The highest BCUT2D eigenvalue weighted by atomic mass is 32.2. The fourth-order valence-corrected chi connectivity index (χ4v) is 5.04. The molecule has 2 aromatic heterocycles. The number of thiazole rings is 1. The lowest BCUT2D eigenvalue weighted by Gasteiger charge is -2.17. The van der Waals surface area contributed by atoms with Gasteiger partial charge in [-0.15, -0.1) is 34.4 Å². The number of carbonyl (C=O) groups excluding carboxylic acids is 1. The molecule has 6 nitrogen and oxygen atoms in total. The fraction of sp³-hybridized carbons (Fsp3) is 0.250. The van der Waals surface area contributed by atoms with Crippen molar-refractivity contribution in [3.63, 3.8) is 0 Å². The second-order valence-corrected chi connectivity index (χ2v) is 10.0. The smallest absolute Gasteiger partial charge is 0.364 e. The SMILES string of the molecule is CSc1sc(C=NC(=O)NOC(C)(C)C)cc1-c1nc(-c2cccc(O)c2)cs1. The summed E-state index contributed by atoms with van der Waals surface area (Å²) in [6, 6.07) is 8.46. The third-order valence-electron chi connectivity index (χ3n) is 3.53.